The molecule has 1 amide bonds. The first-order valence-electron chi connectivity index (χ1n) is 5.84. The third kappa shape index (κ3) is 2.16. The molecule has 1 aromatic rings. The number of anilines is 1. The molecule has 1 aliphatic heterocycles. The van der Waals surface area contributed by atoms with Crippen molar-refractivity contribution in [1.82, 2.24) is 0 Å². The molecule has 0 saturated carbocycles. The summed E-state index contributed by atoms with van der Waals surface area (Å²) in [5.74, 6) is -4.62. The van der Waals surface area contributed by atoms with E-state index in [4.69, 9.17) is 11.6 Å². The van der Waals surface area contributed by atoms with Gasteiger partial charge in [0.1, 0.15) is 5.38 Å². The van der Waals surface area contributed by atoms with E-state index >= 15 is 0 Å². The standard InChI is InChI=1S/C13H12ClF4NO/c1-12(2)7-5-6(3-4-8(7)19-11(12)20)9(14)13(17,18)10(15)16/h3-5,9-10H,1-2H3,(H,19,20). The minimum absolute atomic E-state index is 0.139. The maximum Gasteiger partial charge on any atom is 0.327 e. The van der Waals surface area contributed by atoms with E-state index in [1.54, 1.807) is 13.8 Å². The number of fused-ring (bicyclic) bond motifs is 1. The van der Waals surface area contributed by atoms with E-state index in [9.17, 15) is 22.4 Å². The lowest BCUT2D eigenvalue weighted by Gasteiger charge is -2.23. The second kappa shape index (κ2) is 4.62. The Bertz CT molecular complexity index is 559. The van der Waals surface area contributed by atoms with Gasteiger partial charge < -0.3 is 5.32 Å². The number of hydrogen-bond donors (Lipinski definition) is 1. The van der Waals surface area contributed by atoms with Crippen LogP contribution in [-0.4, -0.2) is 18.3 Å². The Balaban J connectivity index is 2.44. The zero-order chi connectivity index (χ0) is 15.3. The Morgan fingerprint density at radius 1 is 1.30 bits per heavy atom. The molecule has 1 N–H and O–H groups in total. The average molecular weight is 310 g/mol. The quantitative estimate of drug-likeness (QED) is 0.661. The molecule has 0 bridgehead atoms. The van der Waals surface area contributed by atoms with Crippen LogP contribution in [-0.2, 0) is 10.2 Å². The van der Waals surface area contributed by atoms with Crippen molar-refractivity contribution in [2.45, 2.75) is 37.0 Å². The van der Waals surface area contributed by atoms with Crippen molar-refractivity contribution in [3.8, 4) is 0 Å². The topological polar surface area (TPSA) is 29.1 Å². The molecule has 110 valence electrons. The largest absolute Gasteiger partial charge is 0.327 e. The molecule has 20 heavy (non-hydrogen) atoms. The maximum absolute atomic E-state index is 13.3. The molecule has 1 aromatic carbocycles. The second-order valence-corrected chi connectivity index (χ2v) is 5.66. The first-order chi connectivity index (χ1) is 9.08. The Morgan fingerprint density at radius 2 is 1.90 bits per heavy atom. The van der Waals surface area contributed by atoms with Crippen LogP contribution < -0.4 is 5.32 Å². The lowest BCUT2D eigenvalue weighted by atomic mass is 9.85. The van der Waals surface area contributed by atoms with E-state index in [1.165, 1.54) is 18.2 Å². The van der Waals surface area contributed by atoms with Crippen LogP contribution in [0.4, 0.5) is 23.2 Å². The van der Waals surface area contributed by atoms with E-state index in [1.807, 2.05) is 0 Å². The fourth-order valence-electron chi connectivity index (χ4n) is 2.08. The number of alkyl halides is 5. The summed E-state index contributed by atoms with van der Waals surface area (Å²) in [6, 6.07) is 3.89. The number of benzene rings is 1. The molecule has 0 spiro atoms. The smallest absolute Gasteiger partial charge is 0.325 e. The molecule has 2 nitrogen and oxygen atoms in total. The van der Waals surface area contributed by atoms with Crippen LogP contribution >= 0.6 is 11.6 Å². The van der Waals surface area contributed by atoms with Gasteiger partial charge in [-0.25, -0.2) is 8.78 Å². The molecular weight excluding hydrogens is 298 g/mol. The van der Waals surface area contributed by atoms with Crippen LogP contribution in [0.5, 0.6) is 0 Å². The lowest BCUT2D eigenvalue weighted by molar-refractivity contribution is -0.130. The van der Waals surface area contributed by atoms with E-state index in [-0.39, 0.29) is 11.5 Å². The van der Waals surface area contributed by atoms with Crippen molar-refractivity contribution in [3.05, 3.63) is 29.3 Å². The average Bonchev–Trinajstić information content (AvgIpc) is 2.59. The van der Waals surface area contributed by atoms with Crippen molar-refractivity contribution < 1.29 is 22.4 Å². The number of rotatable bonds is 3. The van der Waals surface area contributed by atoms with Crippen molar-refractivity contribution in [3.63, 3.8) is 0 Å². The van der Waals surface area contributed by atoms with Crippen LogP contribution in [0.25, 0.3) is 0 Å². The van der Waals surface area contributed by atoms with Gasteiger partial charge in [0.25, 0.3) is 0 Å². The Hall–Kier alpha value is -1.30. The second-order valence-electron chi connectivity index (χ2n) is 5.22. The van der Waals surface area contributed by atoms with Crippen LogP contribution in [0.15, 0.2) is 18.2 Å². The monoisotopic (exact) mass is 309 g/mol. The van der Waals surface area contributed by atoms with E-state index in [0.717, 1.165) is 0 Å². The van der Waals surface area contributed by atoms with Crippen LogP contribution in [0, 0.1) is 0 Å². The molecule has 0 aromatic heterocycles. The third-order valence-electron chi connectivity index (χ3n) is 3.45. The van der Waals surface area contributed by atoms with Crippen molar-refractivity contribution in [2.75, 3.05) is 5.32 Å². The van der Waals surface area contributed by atoms with Crippen molar-refractivity contribution in [2.24, 2.45) is 0 Å². The summed E-state index contributed by atoms with van der Waals surface area (Å²) in [4.78, 5) is 11.7. The summed E-state index contributed by atoms with van der Waals surface area (Å²) < 4.78 is 51.2. The summed E-state index contributed by atoms with van der Waals surface area (Å²) in [7, 11) is 0. The molecule has 0 fully saturated rings. The number of carbonyl (C=O) groups excluding carboxylic acids is 1. The third-order valence-corrected chi connectivity index (χ3v) is 4.00. The predicted molar refractivity (Wildman–Crippen MR) is 67.6 cm³/mol. The molecule has 1 aliphatic rings. The van der Waals surface area contributed by atoms with Gasteiger partial charge in [-0.05, 0) is 31.0 Å². The zero-order valence-corrected chi connectivity index (χ0v) is 11.4. The Labute approximate surface area is 118 Å². The highest BCUT2D eigenvalue weighted by Crippen LogP contribution is 2.44. The molecule has 0 radical (unpaired) electrons. The highest BCUT2D eigenvalue weighted by Gasteiger charge is 2.49. The van der Waals surface area contributed by atoms with Gasteiger partial charge in [0.05, 0.1) is 5.41 Å². The lowest BCUT2D eigenvalue weighted by Crippen LogP contribution is -2.31. The van der Waals surface area contributed by atoms with Gasteiger partial charge in [0, 0.05) is 5.69 Å². The highest BCUT2D eigenvalue weighted by atomic mass is 35.5. The van der Waals surface area contributed by atoms with Crippen LogP contribution in [0.3, 0.4) is 0 Å². The fraction of sp³-hybridized carbons (Fsp3) is 0.462. The SMILES string of the molecule is CC1(C)C(=O)Nc2ccc(C(Cl)C(F)(F)C(F)F)cc21. The molecule has 0 saturated heterocycles. The van der Waals surface area contributed by atoms with Crippen LogP contribution in [0.1, 0.15) is 30.4 Å². The number of hydrogen-bond acceptors (Lipinski definition) is 1. The van der Waals surface area contributed by atoms with E-state index < -0.39 is 23.1 Å². The van der Waals surface area contributed by atoms with Gasteiger partial charge in [-0.2, -0.15) is 8.78 Å². The van der Waals surface area contributed by atoms with Crippen molar-refractivity contribution >= 4 is 23.2 Å². The van der Waals surface area contributed by atoms with Gasteiger partial charge in [0.2, 0.25) is 5.91 Å². The Kier molecular flexibility index (Phi) is 3.48. The molecule has 1 heterocycles. The summed E-state index contributed by atoms with van der Waals surface area (Å²) >= 11 is 5.49. The van der Waals surface area contributed by atoms with Gasteiger partial charge in [-0.15, -0.1) is 11.6 Å². The number of nitrogens with one attached hydrogen (secondary N) is 1. The van der Waals surface area contributed by atoms with Crippen LogP contribution in [0.2, 0.25) is 0 Å². The Morgan fingerprint density at radius 3 is 2.45 bits per heavy atom. The molecule has 7 heteroatoms. The number of carbonyl (C=O) groups is 1. The summed E-state index contributed by atoms with van der Waals surface area (Å²) in [6.45, 7) is 3.24. The predicted octanol–water partition coefficient (Wildman–Crippen LogP) is 4.10. The molecule has 2 rings (SSSR count). The summed E-state index contributed by atoms with van der Waals surface area (Å²) in [5.41, 5.74) is -0.105. The van der Waals surface area contributed by atoms with Gasteiger partial charge in [0.15, 0.2) is 0 Å². The molecule has 1 unspecified atom stereocenters. The maximum atomic E-state index is 13.3. The highest BCUT2D eigenvalue weighted by molar-refractivity contribution is 6.21. The van der Waals surface area contributed by atoms with Gasteiger partial charge >= 0.3 is 12.3 Å². The first kappa shape index (κ1) is 15.1. The molecule has 1 atom stereocenters. The number of halogens is 5. The number of amides is 1. The van der Waals surface area contributed by atoms with Gasteiger partial charge in [-0.3, -0.25) is 4.79 Å². The minimum atomic E-state index is -4.34. The molecule has 0 aliphatic carbocycles. The summed E-state index contributed by atoms with van der Waals surface area (Å²) in [5, 5.41) is 0.444. The minimum Gasteiger partial charge on any atom is -0.325 e. The molecular formula is C13H12ClF4NO. The van der Waals surface area contributed by atoms with Gasteiger partial charge in [-0.1, -0.05) is 12.1 Å². The van der Waals surface area contributed by atoms with E-state index in [2.05, 4.69) is 5.32 Å². The summed E-state index contributed by atoms with van der Waals surface area (Å²) in [6.07, 6.45) is -3.86. The normalized spacial score (nSPS) is 18.9. The van der Waals surface area contributed by atoms with Crippen molar-refractivity contribution in [1.29, 1.82) is 0 Å². The fourth-order valence-corrected chi connectivity index (χ4v) is 2.31. The zero-order valence-electron chi connectivity index (χ0n) is 10.7. The first-order valence-corrected chi connectivity index (χ1v) is 6.28. The van der Waals surface area contributed by atoms with E-state index in [0.29, 0.717) is 11.3 Å².